The van der Waals surface area contributed by atoms with Gasteiger partial charge in [0, 0.05) is 36.4 Å². The Labute approximate surface area is 189 Å². The number of fused-ring (bicyclic) bond motifs is 1. The van der Waals surface area contributed by atoms with Crippen molar-refractivity contribution in [3.63, 3.8) is 0 Å². The molecule has 2 aromatic heterocycles. The Hall–Kier alpha value is -3.53. The van der Waals surface area contributed by atoms with Crippen LogP contribution in [-0.4, -0.2) is 33.9 Å². The molecule has 1 aliphatic rings. The zero-order chi connectivity index (χ0) is 21.9. The molecule has 5 rings (SSSR count). The number of hydrogen-bond donors (Lipinski definition) is 0. The summed E-state index contributed by atoms with van der Waals surface area (Å²) in [7, 11) is 0. The summed E-state index contributed by atoms with van der Waals surface area (Å²) >= 11 is 0. The van der Waals surface area contributed by atoms with Crippen molar-refractivity contribution < 1.29 is 4.79 Å². The Balaban J connectivity index is 1.41. The summed E-state index contributed by atoms with van der Waals surface area (Å²) in [6, 6.07) is 22.6. The van der Waals surface area contributed by atoms with E-state index in [4.69, 9.17) is 4.98 Å². The topological polar surface area (TPSA) is 46.1 Å². The third kappa shape index (κ3) is 4.26. The molecular formula is C28H27N3O. The second-order valence-electron chi connectivity index (χ2n) is 8.74. The summed E-state index contributed by atoms with van der Waals surface area (Å²) in [6.45, 7) is 3.65. The molecule has 3 heterocycles. The van der Waals surface area contributed by atoms with Crippen LogP contribution < -0.4 is 0 Å². The van der Waals surface area contributed by atoms with Gasteiger partial charge in [-0.15, -0.1) is 0 Å². The minimum absolute atomic E-state index is 0.103. The van der Waals surface area contributed by atoms with E-state index in [1.54, 1.807) is 12.4 Å². The second kappa shape index (κ2) is 8.91. The number of amides is 1. The lowest BCUT2D eigenvalue weighted by molar-refractivity contribution is 0.0692. The van der Waals surface area contributed by atoms with Crippen molar-refractivity contribution in [1.82, 2.24) is 14.9 Å². The predicted molar refractivity (Wildman–Crippen MR) is 128 cm³/mol. The van der Waals surface area contributed by atoms with Crippen molar-refractivity contribution in [1.29, 1.82) is 0 Å². The van der Waals surface area contributed by atoms with E-state index < -0.39 is 0 Å². The van der Waals surface area contributed by atoms with Crippen molar-refractivity contribution in [2.24, 2.45) is 5.92 Å². The van der Waals surface area contributed by atoms with Crippen LogP contribution in [0.3, 0.4) is 0 Å². The molecule has 4 nitrogen and oxygen atoms in total. The fraction of sp³-hybridized carbons (Fsp3) is 0.250. The number of likely N-dealkylation sites (tertiary alicyclic amines) is 1. The Morgan fingerprint density at radius 3 is 2.56 bits per heavy atom. The predicted octanol–water partition coefficient (Wildman–Crippen LogP) is 5.70. The number of aryl methyl sites for hydroxylation is 1. The number of aromatic nitrogens is 2. The molecule has 0 radical (unpaired) electrons. The second-order valence-corrected chi connectivity index (χ2v) is 8.74. The van der Waals surface area contributed by atoms with Gasteiger partial charge in [-0.05, 0) is 68.0 Å². The van der Waals surface area contributed by atoms with E-state index in [-0.39, 0.29) is 5.91 Å². The lowest BCUT2D eigenvalue weighted by Gasteiger charge is -2.32. The quantitative estimate of drug-likeness (QED) is 0.425. The third-order valence-corrected chi connectivity index (χ3v) is 6.42. The number of piperidine rings is 1. The minimum Gasteiger partial charge on any atom is -0.339 e. The van der Waals surface area contributed by atoms with Gasteiger partial charge in [0.25, 0.3) is 5.91 Å². The van der Waals surface area contributed by atoms with Crippen LogP contribution in [0, 0.1) is 12.8 Å². The highest BCUT2D eigenvalue weighted by Gasteiger charge is 2.25. The van der Waals surface area contributed by atoms with Gasteiger partial charge in [-0.1, -0.05) is 42.0 Å². The molecule has 1 amide bonds. The van der Waals surface area contributed by atoms with Gasteiger partial charge < -0.3 is 4.90 Å². The summed E-state index contributed by atoms with van der Waals surface area (Å²) in [5.74, 6) is 0.732. The van der Waals surface area contributed by atoms with Gasteiger partial charge in [0.1, 0.15) is 0 Å². The monoisotopic (exact) mass is 421 g/mol. The minimum atomic E-state index is 0.103. The van der Waals surface area contributed by atoms with Crippen LogP contribution in [-0.2, 0) is 6.42 Å². The van der Waals surface area contributed by atoms with Crippen LogP contribution in [0.2, 0.25) is 0 Å². The summed E-state index contributed by atoms with van der Waals surface area (Å²) in [4.78, 5) is 24.7. The van der Waals surface area contributed by atoms with Crippen molar-refractivity contribution in [3.8, 4) is 11.3 Å². The van der Waals surface area contributed by atoms with Crippen LogP contribution in [0.4, 0.5) is 0 Å². The van der Waals surface area contributed by atoms with Gasteiger partial charge in [-0.25, -0.2) is 4.98 Å². The van der Waals surface area contributed by atoms with Crippen LogP contribution in [0.1, 0.15) is 34.3 Å². The van der Waals surface area contributed by atoms with E-state index in [1.807, 2.05) is 35.2 Å². The van der Waals surface area contributed by atoms with Gasteiger partial charge in [-0.2, -0.15) is 0 Å². The number of benzene rings is 2. The summed E-state index contributed by atoms with van der Waals surface area (Å²) in [6.07, 6.45) is 6.72. The smallest absolute Gasteiger partial charge is 0.254 e. The van der Waals surface area contributed by atoms with Gasteiger partial charge in [0.05, 0.1) is 16.8 Å². The molecule has 4 aromatic rings. The van der Waals surface area contributed by atoms with Crippen molar-refractivity contribution >= 4 is 16.8 Å². The van der Waals surface area contributed by atoms with E-state index in [9.17, 15) is 4.79 Å². The summed E-state index contributed by atoms with van der Waals surface area (Å²) in [5, 5.41) is 0.925. The number of carbonyl (C=O) groups excluding carboxylic acids is 1. The highest BCUT2D eigenvalue weighted by molar-refractivity contribution is 6.07. The molecule has 0 unspecified atom stereocenters. The zero-order valence-electron chi connectivity index (χ0n) is 18.4. The maximum absolute atomic E-state index is 13.7. The molecule has 0 atom stereocenters. The average Bonchev–Trinajstić information content (AvgIpc) is 2.85. The Morgan fingerprint density at radius 2 is 1.81 bits per heavy atom. The number of pyridine rings is 2. The van der Waals surface area contributed by atoms with E-state index in [1.165, 1.54) is 5.56 Å². The molecule has 1 fully saturated rings. The first kappa shape index (κ1) is 20.4. The molecule has 0 saturated carbocycles. The highest BCUT2D eigenvalue weighted by atomic mass is 16.2. The standard InChI is InChI=1S/C28H27N3O/c1-20-9-10-26-24(16-20)25(18-27(30-26)23-8-5-13-29-19-23)28(32)31-14-11-22(12-15-31)17-21-6-3-2-4-7-21/h2-10,13,16,18-19,22H,11-12,14-15,17H2,1H3. The first-order valence-corrected chi connectivity index (χ1v) is 11.3. The highest BCUT2D eigenvalue weighted by Crippen LogP contribution is 2.28. The van der Waals surface area contributed by atoms with E-state index in [0.29, 0.717) is 5.92 Å². The van der Waals surface area contributed by atoms with Gasteiger partial charge in [0.2, 0.25) is 0 Å². The van der Waals surface area contributed by atoms with E-state index in [2.05, 4.69) is 48.3 Å². The van der Waals surface area contributed by atoms with Gasteiger partial charge in [-0.3, -0.25) is 9.78 Å². The Morgan fingerprint density at radius 1 is 1.00 bits per heavy atom. The van der Waals surface area contributed by atoms with E-state index >= 15 is 0 Å². The largest absolute Gasteiger partial charge is 0.339 e. The SMILES string of the molecule is Cc1ccc2nc(-c3cccnc3)cc(C(=O)N3CCC(Cc4ccccc4)CC3)c2c1. The Kier molecular flexibility index (Phi) is 5.68. The molecule has 4 heteroatoms. The fourth-order valence-corrected chi connectivity index (χ4v) is 4.64. The molecule has 0 N–H and O–H groups in total. The first-order valence-electron chi connectivity index (χ1n) is 11.3. The van der Waals surface area contributed by atoms with Crippen LogP contribution in [0.5, 0.6) is 0 Å². The molecule has 1 saturated heterocycles. The normalized spacial score (nSPS) is 14.6. The molecule has 32 heavy (non-hydrogen) atoms. The van der Waals surface area contributed by atoms with Crippen LogP contribution >= 0.6 is 0 Å². The van der Waals surface area contributed by atoms with Crippen molar-refractivity contribution in [3.05, 3.63) is 95.8 Å². The number of hydrogen-bond acceptors (Lipinski definition) is 3. The molecule has 160 valence electrons. The van der Waals surface area contributed by atoms with Crippen molar-refractivity contribution in [2.75, 3.05) is 13.1 Å². The van der Waals surface area contributed by atoms with Crippen LogP contribution in [0.25, 0.3) is 22.2 Å². The van der Waals surface area contributed by atoms with Gasteiger partial charge >= 0.3 is 0 Å². The van der Waals surface area contributed by atoms with Crippen molar-refractivity contribution in [2.45, 2.75) is 26.2 Å². The number of carbonyl (C=O) groups is 1. The molecule has 2 aromatic carbocycles. The lowest BCUT2D eigenvalue weighted by Crippen LogP contribution is -2.39. The maximum atomic E-state index is 13.7. The molecule has 0 spiro atoms. The summed E-state index contributed by atoms with van der Waals surface area (Å²) < 4.78 is 0. The first-order chi connectivity index (χ1) is 15.7. The Bertz CT molecular complexity index is 1230. The summed E-state index contributed by atoms with van der Waals surface area (Å²) in [5.41, 5.74) is 5.80. The molecule has 0 aliphatic carbocycles. The van der Waals surface area contributed by atoms with Crippen LogP contribution in [0.15, 0.2) is 79.1 Å². The zero-order valence-corrected chi connectivity index (χ0v) is 18.4. The third-order valence-electron chi connectivity index (χ3n) is 6.42. The number of rotatable bonds is 4. The van der Waals surface area contributed by atoms with Gasteiger partial charge in [0.15, 0.2) is 0 Å². The fourth-order valence-electron chi connectivity index (χ4n) is 4.64. The van der Waals surface area contributed by atoms with E-state index in [0.717, 1.165) is 65.6 Å². The lowest BCUT2D eigenvalue weighted by atomic mass is 9.90. The average molecular weight is 422 g/mol. The molecule has 0 bridgehead atoms. The number of nitrogens with zero attached hydrogens (tertiary/aromatic N) is 3. The maximum Gasteiger partial charge on any atom is 0.254 e. The molecule has 1 aliphatic heterocycles. The molecular weight excluding hydrogens is 394 g/mol.